The molecule has 0 spiro atoms. The van der Waals surface area contributed by atoms with Gasteiger partial charge in [-0.15, -0.1) is 0 Å². The molecule has 1 heterocycles. The lowest BCUT2D eigenvalue weighted by Gasteiger charge is -2.11. The maximum Gasteiger partial charge on any atom is 0.145 e. The van der Waals surface area contributed by atoms with Crippen LogP contribution in [0.3, 0.4) is 0 Å². The molecule has 0 aliphatic carbocycles. The van der Waals surface area contributed by atoms with Crippen molar-refractivity contribution in [2.75, 3.05) is 30.5 Å². The van der Waals surface area contributed by atoms with Crippen molar-refractivity contribution in [1.82, 2.24) is 9.97 Å². The molecule has 0 aromatic carbocycles. The van der Waals surface area contributed by atoms with E-state index in [1.807, 2.05) is 13.8 Å². The second-order valence-corrected chi connectivity index (χ2v) is 4.69. The molecule has 6 nitrogen and oxygen atoms in total. The minimum Gasteiger partial charge on any atom is -0.380 e. The third-order valence-corrected chi connectivity index (χ3v) is 2.60. The normalized spacial score (nSPS) is 10.8. The van der Waals surface area contributed by atoms with Gasteiger partial charge < -0.3 is 15.5 Å². The zero-order chi connectivity index (χ0) is 14.1. The van der Waals surface area contributed by atoms with Crippen LogP contribution in [0.25, 0.3) is 0 Å². The van der Waals surface area contributed by atoms with E-state index in [1.54, 1.807) is 6.07 Å². The van der Waals surface area contributed by atoms with Crippen LogP contribution in [0.2, 0.25) is 0 Å². The van der Waals surface area contributed by atoms with Crippen molar-refractivity contribution < 1.29 is 4.74 Å². The molecule has 0 unspecified atom stereocenters. The molecule has 0 saturated heterocycles. The van der Waals surface area contributed by atoms with Crippen LogP contribution in [-0.4, -0.2) is 29.7 Å². The molecule has 1 aromatic heterocycles. The third kappa shape index (κ3) is 5.85. The van der Waals surface area contributed by atoms with Crippen molar-refractivity contribution in [2.45, 2.75) is 39.5 Å². The summed E-state index contributed by atoms with van der Waals surface area (Å²) in [7, 11) is 0. The Morgan fingerprint density at radius 2 is 2.00 bits per heavy atom. The molecular weight excluding hydrogens is 242 g/mol. The van der Waals surface area contributed by atoms with Crippen molar-refractivity contribution in [3.05, 3.63) is 11.9 Å². The number of hydrogen-bond acceptors (Lipinski definition) is 6. The number of unbranched alkanes of at least 4 members (excludes halogenated alkanes) is 1. The van der Waals surface area contributed by atoms with E-state index in [0.717, 1.165) is 37.6 Å². The maximum atomic E-state index is 5.48. The minimum absolute atomic E-state index is 0.259. The molecule has 0 atom stereocenters. The van der Waals surface area contributed by atoms with E-state index in [2.05, 4.69) is 27.6 Å². The second-order valence-electron chi connectivity index (χ2n) is 4.69. The van der Waals surface area contributed by atoms with Crippen molar-refractivity contribution in [2.24, 2.45) is 5.84 Å². The summed E-state index contributed by atoms with van der Waals surface area (Å²) in [5.41, 5.74) is 2.56. The van der Waals surface area contributed by atoms with E-state index >= 15 is 0 Å². The Labute approximate surface area is 115 Å². The zero-order valence-corrected chi connectivity index (χ0v) is 12.1. The molecule has 19 heavy (non-hydrogen) atoms. The summed E-state index contributed by atoms with van der Waals surface area (Å²) >= 11 is 0. The largest absolute Gasteiger partial charge is 0.380 e. The zero-order valence-electron chi connectivity index (χ0n) is 12.1. The summed E-state index contributed by atoms with van der Waals surface area (Å²) in [5, 5.41) is 3.22. The predicted octanol–water partition coefficient (Wildman–Crippen LogP) is 2.11. The first-order valence-corrected chi connectivity index (χ1v) is 6.84. The number of nitrogens with zero attached hydrogens (tertiary/aromatic N) is 2. The Kier molecular flexibility index (Phi) is 7.14. The molecule has 0 amide bonds. The Morgan fingerprint density at radius 3 is 2.63 bits per heavy atom. The van der Waals surface area contributed by atoms with Gasteiger partial charge in [0.25, 0.3) is 0 Å². The highest BCUT2D eigenvalue weighted by atomic mass is 16.5. The fourth-order valence-corrected chi connectivity index (χ4v) is 1.49. The second kappa shape index (κ2) is 8.66. The first kappa shape index (κ1) is 15.7. The minimum atomic E-state index is 0.259. The summed E-state index contributed by atoms with van der Waals surface area (Å²) in [6, 6.07) is 1.79. The van der Waals surface area contributed by atoms with Crippen molar-refractivity contribution in [3.8, 4) is 0 Å². The number of hydrogen-bond donors (Lipinski definition) is 3. The Morgan fingerprint density at radius 1 is 1.26 bits per heavy atom. The maximum absolute atomic E-state index is 5.48. The molecule has 6 heteroatoms. The quantitative estimate of drug-likeness (QED) is 0.361. The molecule has 108 valence electrons. The van der Waals surface area contributed by atoms with Gasteiger partial charge in [-0.25, -0.2) is 15.8 Å². The van der Waals surface area contributed by atoms with E-state index < -0.39 is 0 Å². The fourth-order valence-electron chi connectivity index (χ4n) is 1.49. The lowest BCUT2D eigenvalue weighted by Crippen LogP contribution is -2.15. The molecule has 0 saturated carbocycles. The van der Waals surface area contributed by atoms with Gasteiger partial charge in [-0.1, -0.05) is 27.2 Å². The summed E-state index contributed by atoms with van der Waals surface area (Å²) < 4.78 is 5.48. The van der Waals surface area contributed by atoms with Crippen molar-refractivity contribution in [3.63, 3.8) is 0 Å². The molecule has 0 aliphatic rings. The number of ether oxygens (including phenoxy) is 1. The number of nitrogen functional groups attached to an aromatic ring is 1. The summed E-state index contributed by atoms with van der Waals surface area (Å²) in [5.74, 6) is 7.82. The number of rotatable bonds is 9. The van der Waals surface area contributed by atoms with Gasteiger partial charge in [-0.05, 0) is 6.42 Å². The molecule has 0 radical (unpaired) electrons. The Balaban J connectivity index is 2.46. The summed E-state index contributed by atoms with van der Waals surface area (Å²) in [6.07, 6.45) is 2.26. The number of anilines is 2. The Hall–Kier alpha value is -1.40. The summed E-state index contributed by atoms with van der Waals surface area (Å²) in [6.45, 7) is 8.46. The average Bonchev–Trinajstić information content (AvgIpc) is 2.42. The van der Waals surface area contributed by atoms with Crippen LogP contribution in [-0.2, 0) is 4.74 Å². The van der Waals surface area contributed by atoms with Crippen LogP contribution >= 0.6 is 0 Å². The topological polar surface area (TPSA) is 85.1 Å². The lowest BCUT2D eigenvalue weighted by atomic mass is 10.2. The summed E-state index contributed by atoms with van der Waals surface area (Å²) in [4.78, 5) is 8.74. The van der Waals surface area contributed by atoms with Crippen LogP contribution < -0.4 is 16.6 Å². The molecule has 0 bridgehead atoms. The van der Waals surface area contributed by atoms with Crippen LogP contribution in [0, 0.1) is 0 Å². The average molecular weight is 267 g/mol. The standard InChI is InChI=1S/C13H25N5O/c1-4-5-7-19-8-6-15-11-9-12(18-14)17-13(16-11)10(2)3/h9-10H,4-8,14H2,1-3H3,(H2,15,16,17,18). The highest BCUT2D eigenvalue weighted by molar-refractivity contribution is 5.47. The van der Waals surface area contributed by atoms with E-state index in [9.17, 15) is 0 Å². The van der Waals surface area contributed by atoms with E-state index in [1.165, 1.54) is 0 Å². The number of nitrogens with one attached hydrogen (secondary N) is 2. The van der Waals surface area contributed by atoms with Crippen LogP contribution in [0.15, 0.2) is 6.07 Å². The fraction of sp³-hybridized carbons (Fsp3) is 0.692. The highest BCUT2D eigenvalue weighted by Gasteiger charge is 2.07. The van der Waals surface area contributed by atoms with E-state index in [-0.39, 0.29) is 5.92 Å². The lowest BCUT2D eigenvalue weighted by molar-refractivity contribution is 0.141. The van der Waals surface area contributed by atoms with Crippen LogP contribution in [0.4, 0.5) is 11.6 Å². The van der Waals surface area contributed by atoms with Gasteiger partial charge >= 0.3 is 0 Å². The van der Waals surface area contributed by atoms with Crippen LogP contribution in [0.1, 0.15) is 45.4 Å². The first-order valence-electron chi connectivity index (χ1n) is 6.84. The van der Waals surface area contributed by atoms with Crippen molar-refractivity contribution in [1.29, 1.82) is 0 Å². The van der Waals surface area contributed by atoms with Gasteiger partial charge in [0.2, 0.25) is 0 Å². The monoisotopic (exact) mass is 267 g/mol. The molecule has 0 fully saturated rings. The molecule has 1 aromatic rings. The number of aromatic nitrogens is 2. The van der Waals surface area contributed by atoms with Gasteiger partial charge in [0, 0.05) is 25.1 Å². The van der Waals surface area contributed by atoms with Crippen molar-refractivity contribution >= 4 is 11.6 Å². The molecular formula is C13H25N5O. The van der Waals surface area contributed by atoms with Gasteiger partial charge in [0.1, 0.15) is 17.5 Å². The van der Waals surface area contributed by atoms with Gasteiger partial charge in [0.05, 0.1) is 6.61 Å². The Bertz CT molecular complexity index is 370. The predicted molar refractivity (Wildman–Crippen MR) is 78.1 cm³/mol. The molecule has 4 N–H and O–H groups in total. The first-order chi connectivity index (χ1) is 9.17. The SMILES string of the molecule is CCCCOCCNc1cc(NN)nc(C(C)C)n1. The number of hydrazine groups is 1. The number of nitrogens with two attached hydrogens (primary N) is 1. The molecule has 1 rings (SSSR count). The van der Waals surface area contributed by atoms with E-state index in [4.69, 9.17) is 10.6 Å². The van der Waals surface area contributed by atoms with Gasteiger partial charge in [0.15, 0.2) is 0 Å². The molecule has 0 aliphatic heterocycles. The highest BCUT2D eigenvalue weighted by Crippen LogP contribution is 2.16. The third-order valence-electron chi connectivity index (χ3n) is 2.60. The van der Waals surface area contributed by atoms with Gasteiger partial charge in [-0.3, -0.25) is 0 Å². The van der Waals surface area contributed by atoms with E-state index in [0.29, 0.717) is 12.4 Å². The van der Waals surface area contributed by atoms with Crippen LogP contribution in [0.5, 0.6) is 0 Å². The van der Waals surface area contributed by atoms with Gasteiger partial charge in [-0.2, -0.15) is 0 Å². The smallest absolute Gasteiger partial charge is 0.145 e.